The van der Waals surface area contributed by atoms with Crippen LogP contribution < -0.4 is 0 Å². The normalized spacial score (nSPS) is 34.6. The number of hydrogen-bond donors (Lipinski definition) is 1. The van der Waals surface area contributed by atoms with Crippen molar-refractivity contribution in [1.29, 1.82) is 0 Å². The van der Waals surface area contributed by atoms with Gasteiger partial charge in [-0.05, 0) is 91.4 Å². The third kappa shape index (κ3) is 17.5. The molecule has 0 aromatic heterocycles. The number of aldehydes is 1. The molecule has 0 spiro atoms. The summed E-state index contributed by atoms with van der Waals surface area (Å²) in [6, 6.07) is 9.34. The van der Waals surface area contributed by atoms with Crippen molar-refractivity contribution in [2.24, 2.45) is 11.8 Å². The van der Waals surface area contributed by atoms with Gasteiger partial charge < -0.3 is 62.2 Å². The number of aryl methyl sites for hydroxylation is 1. The standard InChI is InChI=1S/C52H82N2O17/c1-13-41(58)67-39-27-43(60)63-32(4)29-54(24-19-18-22-37-20-16-15-17-21-37)30-40(66-35(7)56)31(3)26-38(23-25-55)48(49(39)62-12)70-51-46(61)45(53(10)11)47(33(5)65-51)69-44-28-52(9,71-36(8)57)50(34(6)64-44)68-42(59)14-2/h15-17,20-21,25,31-34,38-40,44-51,61H,13-14,18-19,22-24,26-30H2,1-12H3/t31-,32-,33?,34?,38+,39-,40+,44+,45?,46?,47+,48+,49+,50+,51+,52?/m1/s1. The van der Waals surface area contributed by atoms with Crippen LogP contribution in [0.5, 0.6) is 0 Å². The SMILES string of the molecule is CCC(=O)O[C@@H]1CC(=O)O[C@H](C)CN(CCCCc2ccccc2)C[C@H](OC(C)=O)[C@H](C)C[C@H](CC=O)[C@H](O[C@@H]2OC(C)[C@H](O[C@H]3CC(C)(OC(C)=O)[C@@H](OC(=O)CC)C(C)O3)C(N(C)C)C2O)[C@H]1OC. The van der Waals surface area contributed by atoms with Crippen LogP contribution in [-0.2, 0) is 82.6 Å². The quantitative estimate of drug-likeness (QED) is 0.0856. The number of nitrogens with zero attached hydrogens (tertiary/aromatic N) is 2. The fourth-order valence-electron chi connectivity index (χ4n) is 10.2. The minimum atomic E-state index is -1.45. The summed E-state index contributed by atoms with van der Waals surface area (Å²) in [6.45, 7) is 15.9. The Morgan fingerprint density at radius 1 is 0.859 bits per heavy atom. The molecule has 3 aliphatic rings. The van der Waals surface area contributed by atoms with Gasteiger partial charge in [-0.3, -0.25) is 28.9 Å². The molecule has 3 aliphatic heterocycles. The van der Waals surface area contributed by atoms with Crippen LogP contribution in [0.3, 0.4) is 0 Å². The van der Waals surface area contributed by atoms with Gasteiger partial charge in [0.15, 0.2) is 24.3 Å². The van der Waals surface area contributed by atoms with Gasteiger partial charge in [0.25, 0.3) is 0 Å². The highest BCUT2D eigenvalue weighted by molar-refractivity contribution is 5.73. The van der Waals surface area contributed by atoms with Crippen LogP contribution in [-0.4, -0.2) is 177 Å². The molecule has 1 aromatic rings. The van der Waals surface area contributed by atoms with E-state index in [1.54, 1.807) is 60.5 Å². The molecule has 3 saturated heterocycles. The second-order valence-corrected chi connectivity index (χ2v) is 19.8. The summed E-state index contributed by atoms with van der Waals surface area (Å²) in [5.74, 6) is -3.99. The Morgan fingerprint density at radius 2 is 1.54 bits per heavy atom. The minimum Gasteiger partial charge on any atom is -0.461 e. The summed E-state index contributed by atoms with van der Waals surface area (Å²) in [4.78, 5) is 81.2. The minimum absolute atomic E-state index is 0.0239. The van der Waals surface area contributed by atoms with Crippen LogP contribution in [0.4, 0.5) is 0 Å². The Morgan fingerprint density at radius 3 is 2.14 bits per heavy atom. The lowest BCUT2D eigenvalue weighted by Gasteiger charge is -2.50. The second-order valence-electron chi connectivity index (χ2n) is 19.8. The molecule has 402 valence electrons. The fourth-order valence-corrected chi connectivity index (χ4v) is 10.2. The molecule has 0 radical (unpaired) electrons. The monoisotopic (exact) mass is 1010 g/mol. The highest BCUT2D eigenvalue weighted by Gasteiger charge is 2.54. The number of methoxy groups -OCH3 is 1. The van der Waals surface area contributed by atoms with Gasteiger partial charge in [0.1, 0.15) is 42.9 Å². The van der Waals surface area contributed by atoms with Gasteiger partial charge in [-0.2, -0.15) is 0 Å². The predicted molar refractivity (Wildman–Crippen MR) is 257 cm³/mol. The zero-order valence-corrected chi connectivity index (χ0v) is 44.0. The Bertz CT molecular complexity index is 1850. The lowest BCUT2D eigenvalue weighted by Crippen LogP contribution is -2.66. The van der Waals surface area contributed by atoms with E-state index in [0.717, 1.165) is 25.5 Å². The zero-order valence-electron chi connectivity index (χ0n) is 44.0. The lowest BCUT2D eigenvalue weighted by molar-refractivity contribution is -0.344. The highest BCUT2D eigenvalue weighted by Crippen LogP contribution is 2.39. The highest BCUT2D eigenvalue weighted by atomic mass is 16.7. The third-order valence-corrected chi connectivity index (χ3v) is 13.6. The number of rotatable bonds is 19. The summed E-state index contributed by atoms with van der Waals surface area (Å²) in [7, 11) is 4.87. The average molecular weight is 1010 g/mol. The number of unbranched alkanes of at least 4 members (excludes halogenated alkanes) is 1. The zero-order chi connectivity index (χ0) is 52.6. The van der Waals surface area contributed by atoms with Crippen molar-refractivity contribution in [3.8, 4) is 0 Å². The van der Waals surface area contributed by atoms with Gasteiger partial charge in [0.05, 0.1) is 30.8 Å². The van der Waals surface area contributed by atoms with Gasteiger partial charge in [-0.15, -0.1) is 0 Å². The number of benzene rings is 1. The van der Waals surface area contributed by atoms with Crippen molar-refractivity contribution in [2.45, 2.75) is 205 Å². The maximum atomic E-state index is 13.9. The van der Waals surface area contributed by atoms with Gasteiger partial charge in [0.2, 0.25) is 0 Å². The van der Waals surface area contributed by atoms with E-state index >= 15 is 0 Å². The van der Waals surface area contributed by atoms with Crippen LogP contribution in [0.25, 0.3) is 0 Å². The van der Waals surface area contributed by atoms with Gasteiger partial charge in [-0.1, -0.05) is 51.1 Å². The fraction of sp³-hybridized carbons (Fsp3) is 0.769. The molecule has 19 heteroatoms. The van der Waals surface area contributed by atoms with Crippen molar-refractivity contribution in [3.63, 3.8) is 0 Å². The molecule has 5 unspecified atom stereocenters. The number of aliphatic hydroxyl groups excluding tert-OH is 1. The van der Waals surface area contributed by atoms with Crippen molar-refractivity contribution in [2.75, 3.05) is 40.8 Å². The summed E-state index contributed by atoms with van der Waals surface area (Å²) in [5, 5.41) is 12.4. The van der Waals surface area contributed by atoms with E-state index < -0.39 is 127 Å². The van der Waals surface area contributed by atoms with Crippen molar-refractivity contribution in [3.05, 3.63) is 35.9 Å². The molecule has 4 rings (SSSR count). The molecule has 3 heterocycles. The topological polar surface area (TPSA) is 221 Å². The van der Waals surface area contributed by atoms with E-state index in [0.29, 0.717) is 19.6 Å². The third-order valence-electron chi connectivity index (χ3n) is 13.6. The molecule has 0 saturated carbocycles. The van der Waals surface area contributed by atoms with Crippen molar-refractivity contribution >= 4 is 36.1 Å². The van der Waals surface area contributed by atoms with Gasteiger partial charge in [0, 0.05) is 59.7 Å². The van der Waals surface area contributed by atoms with E-state index in [2.05, 4.69) is 17.0 Å². The largest absolute Gasteiger partial charge is 0.461 e. The first-order valence-electron chi connectivity index (χ1n) is 25.3. The summed E-state index contributed by atoms with van der Waals surface area (Å²) in [6.07, 6.45) is -9.19. The second kappa shape index (κ2) is 28.4. The molecule has 16 atom stereocenters. The molecular formula is C52H82N2O17. The summed E-state index contributed by atoms with van der Waals surface area (Å²) < 4.78 is 61.8. The molecule has 71 heavy (non-hydrogen) atoms. The number of carbonyl (C=O) groups excluding carboxylic acids is 6. The molecular weight excluding hydrogens is 925 g/mol. The van der Waals surface area contributed by atoms with Crippen molar-refractivity contribution < 1.29 is 81.2 Å². The number of ether oxygens (including phenoxy) is 10. The average Bonchev–Trinajstić information content (AvgIpc) is 3.29. The maximum Gasteiger partial charge on any atom is 0.309 e. The lowest BCUT2D eigenvalue weighted by atomic mass is 9.82. The first-order chi connectivity index (χ1) is 33.6. The smallest absolute Gasteiger partial charge is 0.309 e. The molecule has 3 fully saturated rings. The van der Waals surface area contributed by atoms with E-state index in [4.69, 9.17) is 47.4 Å². The van der Waals surface area contributed by atoms with Crippen LogP contribution in [0.15, 0.2) is 30.3 Å². The first kappa shape index (κ1) is 59.5. The Labute approximate surface area is 420 Å². The number of hydrogen-bond acceptors (Lipinski definition) is 19. The van der Waals surface area contributed by atoms with Gasteiger partial charge >= 0.3 is 29.8 Å². The van der Waals surface area contributed by atoms with Crippen LogP contribution in [0.2, 0.25) is 0 Å². The first-order valence-corrected chi connectivity index (χ1v) is 25.3. The van der Waals surface area contributed by atoms with Crippen LogP contribution in [0.1, 0.15) is 119 Å². The van der Waals surface area contributed by atoms with E-state index in [1.165, 1.54) is 26.5 Å². The maximum absolute atomic E-state index is 13.9. The summed E-state index contributed by atoms with van der Waals surface area (Å²) >= 11 is 0. The molecule has 0 bridgehead atoms. The van der Waals surface area contributed by atoms with E-state index in [-0.39, 0.29) is 38.0 Å². The summed E-state index contributed by atoms with van der Waals surface area (Å²) in [5.41, 5.74) is -0.112. The number of likely N-dealkylation sites (N-methyl/N-ethyl adjacent to an activating group) is 1. The van der Waals surface area contributed by atoms with Crippen LogP contribution >= 0.6 is 0 Å². The van der Waals surface area contributed by atoms with Crippen molar-refractivity contribution in [1.82, 2.24) is 9.80 Å². The molecule has 0 aliphatic carbocycles. The number of cyclic esters (lactones) is 1. The molecule has 1 N–H and O–H groups in total. The van der Waals surface area contributed by atoms with Gasteiger partial charge in [-0.25, -0.2) is 0 Å². The molecule has 0 amide bonds. The number of esters is 5. The Kier molecular flexibility index (Phi) is 23.8. The number of carbonyl (C=O) groups is 6. The Balaban J connectivity index is 1.71. The number of aliphatic hydroxyl groups is 1. The molecule has 1 aromatic carbocycles. The predicted octanol–water partition coefficient (Wildman–Crippen LogP) is 4.73. The molecule has 19 nitrogen and oxygen atoms in total. The van der Waals surface area contributed by atoms with E-state index in [1.807, 2.05) is 25.1 Å². The van der Waals surface area contributed by atoms with E-state index in [9.17, 15) is 33.9 Å². The Hall–Kier alpha value is -4.08. The van der Waals surface area contributed by atoms with Crippen LogP contribution in [0, 0.1) is 11.8 Å².